The van der Waals surface area contributed by atoms with E-state index in [1.807, 2.05) is 0 Å². The summed E-state index contributed by atoms with van der Waals surface area (Å²) in [7, 11) is 0. The molecule has 0 amide bonds. The van der Waals surface area contributed by atoms with Gasteiger partial charge in [0.15, 0.2) is 5.78 Å². The van der Waals surface area contributed by atoms with Crippen LogP contribution in [0.25, 0.3) is 0 Å². The van der Waals surface area contributed by atoms with Crippen LogP contribution in [0.15, 0.2) is 24.3 Å². The maximum Gasteiger partial charge on any atom is 0.176 e. The lowest BCUT2D eigenvalue weighted by molar-refractivity contribution is 0.0935. The summed E-state index contributed by atoms with van der Waals surface area (Å²) in [4.78, 5) is 14.2. The minimum absolute atomic E-state index is 0.170. The van der Waals surface area contributed by atoms with E-state index in [9.17, 15) is 4.79 Å². The van der Waals surface area contributed by atoms with Gasteiger partial charge in [-0.3, -0.25) is 9.69 Å². The van der Waals surface area contributed by atoms with E-state index in [0.29, 0.717) is 11.6 Å². The molecule has 1 aliphatic rings. The number of carbonyl (C=O) groups is 1. The van der Waals surface area contributed by atoms with E-state index in [-0.39, 0.29) is 5.78 Å². The first-order valence-electron chi connectivity index (χ1n) is 5.97. The lowest BCUT2D eigenvalue weighted by Crippen LogP contribution is -2.33. The van der Waals surface area contributed by atoms with Crippen LogP contribution in [0.4, 0.5) is 0 Å². The molecule has 0 atom stereocenters. The molecule has 1 aliphatic heterocycles. The highest BCUT2D eigenvalue weighted by atomic mass is 35.5. The third-order valence-corrected chi connectivity index (χ3v) is 3.22. The van der Waals surface area contributed by atoms with Gasteiger partial charge in [0.25, 0.3) is 0 Å². The number of hydrogen-bond donors (Lipinski definition) is 1. The Morgan fingerprint density at radius 3 is 2.76 bits per heavy atom. The average molecular weight is 253 g/mol. The number of ketones is 1. The van der Waals surface area contributed by atoms with Crippen LogP contribution in [0, 0.1) is 0 Å². The van der Waals surface area contributed by atoms with Crippen molar-refractivity contribution in [1.82, 2.24) is 10.2 Å². The van der Waals surface area contributed by atoms with Gasteiger partial charge in [-0.2, -0.15) is 0 Å². The summed E-state index contributed by atoms with van der Waals surface area (Å²) in [6, 6.07) is 7.11. The molecule has 0 spiro atoms. The predicted molar refractivity (Wildman–Crippen MR) is 69.7 cm³/mol. The minimum atomic E-state index is 0.170. The lowest BCUT2D eigenvalue weighted by atomic mass is 10.1. The first-order valence-corrected chi connectivity index (χ1v) is 6.35. The number of rotatable bonds is 3. The molecular formula is C13H17ClN2O. The van der Waals surface area contributed by atoms with E-state index in [1.54, 1.807) is 24.3 Å². The molecule has 4 heteroatoms. The van der Waals surface area contributed by atoms with Crippen molar-refractivity contribution < 1.29 is 4.79 Å². The molecule has 0 unspecified atom stereocenters. The molecule has 1 fully saturated rings. The van der Waals surface area contributed by atoms with Crippen LogP contribution in [0.1, 0.15) is 16.8 Å². The molecule has 1 heterocycles. The lowest BCUT2D eigenvalue weighted by Gasteiger charge is -2.18. The van der Waals surface area contributed by atoms with Crippen LogP contribution in [0.3, 0.4) is 0 Å². The molecular weight excluding hydrogens is 236 g/mol. The number of halogens is 1. The Balaban J connectivity index is 1.93. The fraction of sp³-hybridized carbons (Fsp3) is 0.462. The van der Waals surface area contributed by atoms with Crippen LogP contribution < -0.4 is 5.32 Å². The maximum absolute atomic E-state index is 12.0. The number of benzene rings is 1. The fourth-order valence-corrected chi connectivity index (χ4v) is 2.12. The summed E-state index contributed by atoms with van der Waals surface area (Å²) in [5, 5.41) is 3.99. The van der Waals surface area contributed by atoms with Gasteiger partial charge < -0.3 is 5.32 Å². The molecule has 3 nitrogen and oxygen atoms in total. The molecule has 1 aromatic rings. The summed E-state index contributed by atoms with van der Waals surface area (Å²) < 4.78 is 0. The van der Waals surface area contributed by atoms with Gasteiger partial charge in [0.1, 0.15) is 0 Å². The molecule has 0 saturated carbocycles. The van der Waals surface area contributed by atoms with Gasteiger partial charge in [0.2, 0.25) is 0 Å². The topological polar surface area (TPSA) is 32.3 Å². The second-order valence-electron chi connectivity index (χ2n) is 4.31. The van der Waals surface area contributed by atoms with Crippen molar-refractivity contribution in [2.45, 2.75) is 6.42 Å². The number of Topliss-reactive ketones (excluding diaryl/α,β-unsaturated/α-hetero) is 1. The number of nitrogens with zero attached hydrogens (tertiary/aromatic N) is 1. The molecule has 1 N–H and O–H groups in total. The largest absolute Gasteiger partial charge is 0.315 e. The zero-order chi connectivity index (χ0) is 12.1. The van der Waals surface area contributed by atoms with E-state index in [2.05, 4.69) is 10.2 Å². The Kier molecular flexibility index (Phi) is 4.54. The van der Waals surface area contributed by atoms with Gasteiger partial charge in [-0.15, -0.1) is 0 Å². The highest BCUT2D eigenvalue weighted by Gasteiger charge is 2.13. The number of nitrogens with one attached hydrogen (secondary N) is 1. The second kappa shape index (κ2) is 6.15. The van der Waals surface area contributed by atoms with Crippen molar-refractivity contribution in [3.05, 3.63) is 34.9 Å². The second-order valence-corrected chi connectivity index (χ2v) is 4.75. The van der Waals surface area contributed by atoms with E-state index in [0.717, 1.165) is 38.2 Å². The standard InChI is InChI=1S/C13H17ClN2O/c14-12-4-2-11(3-5-12)13(17)10-16-8-1-6-15-7-9-16/h2-5,15H,1,6-10H2. The monoisotopic (exact) mass is 252 g/mol. The Morgan fingerprint density at radius 2 is 2.00 bits per heavy atom. The zero-order valence-corrected chi connectivity index (χ0v) is 10.5. The molecule has 0 aromatic heterocycles. The van der Waals surface area contributed by atoms with E-state index >= 15 is 0 Å². The maximum atomic E-state index is 12.0. The summed E-state index contributed by atoms with van der Waals surface area (Å²) >= 11 is 5.80. The molecule has 92 valence electrons. The Morgan fingerprint density at radius 1 is 1.24 bits per heavy atom. The SMILES string of the molecule is O=C(CN1CCCNCC1)c1ccc(Cl)cc1. The molecule has 2 rings (SSSR count). The first-order chi connectivity index (χ1) is 8.25. The van der Waals surface area contributed by atoms with Gasteiger partial charge in [0.05, 0.1) is 6.54 Å². The summed E-state index contributed by atoms with van der Waals surface area (Å²) in [6.07, 6.45) is 1.11. The molecule has 1 aromatic carbocycles. The minimum Gasteiger partial charge on any atom is -0.315 e. The summed E-state index contributed by atoms with van der Waals surface area (Å²) in [5.41, 5.74) is 0.742. The van der Waals surface area contributed by atoms with E-state index in [4.69, 9.17) is 11.6 Å². The van der Waals surface area contributed by atoms with Crippen molar-refractivity contribution in [2.24, 2.45) is 0 Å². The molecule has 17 heavy (non-hydrogen) atoms. The van der Waals surface area contributed by atoms with Crippen molar-refractivity contribution in [1.29, 1.82) is 0 Å². The van der Waals surface area contributed by atoms with Crippen LogP contribution in [0.2, 0.25) is 5.02 Å². The fourth-order valence-electron chi connectivity index (χ4n) is 1.99. The Labute approximate surface area is 107 Å². The third kappa shape index (κ3) is 3.80. The number of carbonyl (C=O) groups excluding carboxylic acids is 1. The van der Waals surface area contributed by atoms with Crippen molar-refractivity contribution >= 4 is 17.4 Å². The van der Waals surface area contributed by atoms with Gasteiger partial charge in [-0.1, -0.05) is 11.6 Å². The Bertz CT molecular complexity index is 370. The predicted octanol–water partition coefficient (Wildman–Crippen LogP) is 1.82. The van der Waals surface area contributed by atoms with Crippen molar-refractivity contribution in [3.8, 4) is 0 Å². The Hall–Kier alpha value is -0.900. The highest BCUT2D eigenvalue weighted by molar-refractivity contribution is 6.30. The third-order valence-electron chi connectivity index (χ3n) is 2.97. The highest BCUT2D eigenvalue weighted by Crippen LogP contribution is 2.10. The van der Waals surface area contributed by atoms with Gasteiger partial charge in [0, 0.05) is 23.7 Å². The van der Waals surface area contributed by atoms with Gasteiger partial charge in [-0.25, -0.2) is 0 Å². The number of hydrogen-bond acceptors (Lipinski definition) is 3. The summed E-state index contributed by atoms with van der Waals surface area (Å²) in [5.74, 6) is 0.170. The smallest absolute Gasteiger partial charge is 0.176 e. The van der Waals surface area contributed by atoms with Crippen LogP contribution >= 0.6 is 11.6 Å². The first kappa shape index (κ1) is 12.6. The van der Waals surface area contributed by atoms with Gasteiger partial charge in [-0.05, 0) is 43.8 Å². The molecule has 1 saturated heterocycles. The van der Waals surface area contributed by atoms with E-state index < -0.39 is 0 Å². The van der Waals surface area contributed by atoms with Gasteiger partial charge >= 0.3 is 0 Å². The van der Waals surface area contributed by atoms with Crippen LogP contribution in [-0.2, 0) is 0 Å². The summed E-state index contributed by atoms with van der Waals surface area (Å²) in [6.45, 7) is 4.45. The van der Waals surface area contributed by atoms with E-state index in [1.165, 1.54) is 0 Å². The normalized spacial score (nSPS) is 17.7. The van der Waals surface area contributed by atoms with Crippen LogP contribution in [-0.4, -0.2) is 43.4 Å². The van der Waals surface area contributed by atoms with Crippen LogP contribution in [0.5, 0.6) is 0 Å². The molecule has 0 radical (unpaired) electrons. The van der Waals surface area contributed by atoms with Crippen molar-refractivity contribution in [2.75, 3.05) is 32.7 Å². The molecule has 0 bridgehead atoms. The zero-order valence-electron chi connectivity index (χ0n) is 9.79. The average Bonchev–Trinajstić information content (AvgIpc) is 2.58. The molecule has 0 aliphatic carbocycles. The quantitative estimate of drug-likeness (QED) is 0.833. The van der Waals surface area contributed by atoms with Crippen molar-refractivity contribution in [3.63, 3.8) is 0 Å².